The van der Waals surface area contributed by atoms with E-state index in [0.29, 0.717) is 11.2 Å². The molecule has 194 valence electrons. The summed E-state index contributed by atoms with van der Waals surface area (Å²) >= 11 is 0. The van der Waals surface area contributed by atoms with E-state index in [2.05, 4.69) is 10.1 Å². The maximum atomic E-state index is 12.6. The van der Waals surface area contributed by atoms with Gasteiger partial charge in [0.2, 0.25) is 0 Å². The number of aromatic nitrogens is 3. The van der Waals surface area contributed by atoms with Gasteiger partial charge in [-0.2, -0.15) is 5.10 Å². The largest absolute Gasteiger partial charge is 0.455 e. The predicted molar refractivity (Wildman–Crippen MR) is 125 cm³/mol. The number of nitrogens with two attached hydrogens (primary N) is 2. The Morgan fingerprint density at radius 3 is 2.63 bits per heavy atom. The van der Waals surface area contributed by atoms with Crippen molar-refractivity contribution in [3.63, 3.8) is 0 Å². The molecule has 1 aliphatic heterocycles. The summed E-state index contributed by atoms with van der Waals surface area (Å²) in [6.45, 7) is 9.96. The van der Waals surface area contributed by atoms with Crippen LogP contribution in [0.2, 0.25) is 0 Å². The molecule has 35 heavy (non-hydrogen) atoms. The van der Waals surface area contributed by atoms with Gasteiger partial charge in [-0.25, -0.2) is 9.50 Å². The van der Waals surface area contributed by atoms with Gasteiger partial charge in [0.1, 0.15) is 35.7 Å². The van der Waals surface area contributed by atoms with Crippen molar-refractivity contribution < 1.29 is 33.6 Å². The van der Waals surface area contributed by atoms with Crippen LogP contribution in [0.15, 0.2) is 18.5 Å². The van der Waals surface area contributed by atoms with Gasteiger partial charge in [-0.15, -0.1) is 0 Å². The lowest BCUT2D eigenvalue weighted by atomic mass is 9.93. The average molecular weight is 494 g/mol. The quantitative estimate of drug-likeness (QED) is 0.269. The minimum atomic E-state index is -1.35. The van der Waals surface area contributed by atoms with Gasteiger partial charge in [-0.1, -0.05) is 13.8 Å². The first-order valence-electron chi connectivity index (χ1n) is 11.4. The molecule has 3 rings (SSSR count). The summed E-state index contributed by atoms with van der Waals surface area (Å²) in [5.41, 5.74) is 10.9. The molecule has 12 heteroatoms. The molecule has 12 nitrogen and oxygen atoms in total. The molecule has 0 amide bonds. The van der Waals surface area contributed by atoms with Crippen molar-refractivity contribution in [2.45, 2.75) is 71.5 Å². The molecule has 3 heterocycles. The van der Waals surface area contributed by atoms with Gasteiger partial charge in [0.25, 0.3) is 0 Å². The zero-order valence-corrected chi connectivity index (χ0v) is 20.9. The summed E-state index contributed by atoms with van der Waals surface area (Å²) in [5.74, 6) is -1.02. The maximum absolute atomic E-state index is 12.6. The summed E-state index contributed by atoms with van der Waals surface area (Å²) in [7, 11) is 0. The van der Waals surface area contributed by atoms with E-state index < -0.39 is 47.3 Å². The molecule has 2 aromatic heterocycles. The highest BCUT2D eigenvalue weighted by molar-refractivity contribution is 5.76. The van der Waals surface area contributed by atoms with Crippen molar-refractivity contribution in [1.29, 1.82) is 0 Å². The molecular weight excluding hydrogens is 458 g/mol. The second-order valence-corrected chi connectivity index (χ2v) is 10.2. The van der Waals surface area contributed by atoms with Crippen molar-refractivity contribution in [3.05, 3.63) is 24.2 Å². The Morgan fingerprint density at radius 1 is 1.31 bits per heavy atom. The number of aliphatic hydroxyl groups is 1. The number of esters is 2. The Balaban J connectivity index is 1.84. The van der Waals surface area contributed by atoms with Crippen LogP contribution in [-0.2, 0) is 34.1 Å². The predicted octanol–water partition coefficient (Wildman–Crippen LogP) is 0.745. The first-order valence-corrected chi connectivity index (χ1v) is 11.4. The van der Waals surface area contributed by atoms with E-state index in [0.717, 1.165) is 0 Å². The molecule has 5 atom stereocenters. The highest BCUT2D eigenvalue weighted by Crippen LogP contribution is 2.42. The molecule has 0 radical (unpaired) electrons. The van der Waals surface area contributed by atoms with E-state index in [-0.39, 0.29) is 25.1 Å². The molecule has 2 aromatic rings. The van der Waals surface area contributed by atoms with E-state index in [4.69, 9.17) is 30.4 Å². The highest BCUT2D eigenvalue weighted by Gasteiger charge is 2.56. The van der Waals surface area contributed by atoms with Crippen molar-refractivity contribution >= 4 is 23.3 Å². The van der Waals surface area contributed by atoms with Crippen LogP contribution in [0.3, 0.4) is 0 Å². The molecule has 1 saturated heterocycles. The number of nitrogen functional groups attached to an aromatic ring is 1. The Morgan fingerprint density at radius 2 is 2.00 bits per heavy atom. The van der Waals surface area contributed by atoms with Crippen LogP contribution in [0.4, 0.5) is 5.82 Å². The fraction of sp³-hybridized carbons (Fsp3) is 0.652. The minimum absolute atomic E-state index is 0.126. The van der Waals surface area contributed by atoms with Gasteiger partial charge in [0.05, 0.1) is 17.7 Å². The van der Waals surface area contributed by atoms with Crippen molar-refractivity contribution in [2.24, 2.45) is 17.1 Å². The number of hydrogen-bond acceptors (Lipinski definition) is 11. The monoisotopic (exact) mass is 493 g/mol. The number of rotatable bonds is 8. The average Bonchev–Trinajstić information content (AvgIpc) is 3.32. The van der Waals surface area contributed by atoms with Crippen LogP contribution < -0.4 is 11.5 Å². The van der Waals surface area contributed by atoms with Crippen LogP contribution in [0, 0.1) is 11.3 Å². The number of carbonyl (C=O) groups is 2. The molecule has 0 aromatic carbocycles. The molecule has 0 saturated carbocycles. The third-order valence-electron chi connectivity index (χ3n) is 6.04. The lowest BCUT2D eigenvalue weighted by molar-refractivity contribution is -0.173. The minimum Gasteiger partial charge on any atom is -0.455 e. The smallest absolute Gasteiger partial charge is 0.323 e. The molecule has 1 fully saturated rings. The summed E-state index contributed by atoms with van der Waals surface area (Å²) in [6, 6.07) is 2.53. The standard InChI is InChI=1S/C23H35N5O7/c1-12(2)16(24)20(30)34-17-14(9-32-11-33-21(31)22(3,4)5)35-23(6,18(17)29)15-8-7-13-19(25)26-10-27-28(13)15/h7-8,10,12,14,16-18,29H,9,11,24H2,1-6H3,(H2,25,26,27)/t14-,16+,17-,18-,23+/m1/s1. The zero-order valence-electron chi connectivity index (χ0n) is 20.9. The molecular formula is C23H35N5O7. The van der Waals surface area contributed by atoms with Crippen molar-refractivity contribution in [2.75, 3.05) is 19.1 Å². The number of nitrogens with zero attached hydrogens (tertiary/aromatic N) is 3. The number of aliphatic hydroxyl groups excluding tert-OH is 1. The van der Waals surface area contributed by atoms with E-state index in [1.165, 1.54) is 10.8 Å². The summed E-state index contributed by atoms with van der Waals surface area (Å²) in [5, 5.41) is 15.6. The number of hydrogen-bond donors (Lipinski definition) is 3. The third-order valence-corrected chi connectivity index (χ3v) is 6.04. The Hall–Kier alpha value is -2.80. The second-order valence-electron chi connectivity index (χ2n) is 10.2. The van der Waals surface area contributed by atoms with Crippen LogP contribution in [0.5, 0.6) is 0 Å². The van der Waals surface area contributed by atoms with E-state index >= 15 is 0 Å². The van der Waals surface area contributed by atoms with Gasteiger partial charge in [0.15, 0.2) is 18.7 Å². The molecule has 1 aliphatic rings. The fourth-order valence-electron chi connectivity index (χ4n) is 3.74. The molecule has 0 spiro atoms. The highest BCUT2D eigenvalue weighted by atomic mass is 16.7. The Kier molecular flexibility index (Phi) is 7.70. The third kappa shape index (κ3) is 5.40. The Labute approximate surface area is 203 Å². The normalized spacial score (nSPS) is 25.7. The SMILES string of the molecule is CC(C)[C@H](N)C(=O)O[C@H]1[C@@H](O)[C@](C)(c2ccc3c(N)ncnn23)O[C@@H]1COCOC(=O)C(C)(C)C. The van der Waals surface area contributed by atoms with Crippen molar-refractivity contribution in [3.8, 4) is 0 Å². The van der Waals surface area contributed by atoms with Crippen molar-refractivity contribution in [1.82, 2.24) is 14.6 Å². The first kappa shape index (κ1) is 26.8. The lowest BCUT2D eigenvalue weighted by Crippen LogP contribution is -2.46. The fourth-order valence-corrected chi connectivity index (χ4v) is 3.74. The van der Waals surface area contributed by atoms with E-state index in [1.807, 2.05) is 0 Å². The zero-order chi connectivity index (χ0) is 26.1. The van der Waals surface area contributed by atoms with Crippen LogP contribution >= 0.6 is 0 Å². The van der Waals surface area contributed by atoms with E-state index in [9.17, 15) is 14.7 Å². The van der Waals surface area contributed by atoms with Gasteiger partial charge in [0, 0.05) is 0 Å². The first-order chi connectivity index (χ1) is 16.3. The van der Waals surface area contributed by atoms with Crippen LogP contribution in [0.1, 0.15) is 47.2 Å². The molecule has 5 N–H and O–H groups in total. The van der Waals surface area contributed by atoms with Gasteiger partial charge in [-0.05, 0) is 45.7 Å². The summed E-state index contributed by atoms with van der Waals surface area (Å²) < 4.78 is 24.0. The van der Waals surface area contributed by atoms with Gasteiger partial charge >= 0.3 is 11.9 Å². The number of fused-ring (bicyclic) bond motifs is 1. The van der Waals surface area contributed by atoms with Gasteiger partial charge in [-0.3, -0.25) is 9.59 Å². The van der Waals surface area contributed by atoms with Crippen LogP contribution in [-0.4, -0.2) is 69.4 Å². The topological polar surface area (TPSA) is 174 Å². The lowest BCUT2D eigenvalue weighted by Gasteiger charge is -2.28. The number of anilines is 1. The summed E-state index contributed by atoms with van der Waals surface area (Å²) in [4.78, 5) is 28.6. The Bertz CT molecular complexity index is 1070. The van der Waals surface area contributed by atoms with Crippen LogP contribution in [0.25, 0.3) is 5.52 Å². The van der Waals surface area contributed by atoms with Gasteiger partial charge < -0.3 is 35.5 Å². The number of carbonyl (C=O) groups excluding carboxylic acids is 2. The maximum Gasteiger partial charge on any atom is 0.323 e. The second kappa shape index (κ2) is 10.1. The number of ether oxygens (including phenoxy) is 4. The molecule has 0 unspecified atom stereocenters. The molecule has 0 bridgehead atoms. The molecule has 0 aliphatic carbocycles. The summed E-state index contributed by atoms with van der Waals surface area (Å²) in [6.07, 6.45) is -2.01. The van der Waals surface area contributed by atoms with E-state index in [1.54, 1.807) is 53.7 Å².